The number of hydrogen-bond donors (Lipinski definition) is 3. The minimum atomic E-state index is -0.435. The summed E-state index contributed by atoms with van der Waals surface area (Å²) in [6.45, 7) is 0.678. The van der Waals surface area contributed by atoms with Crippen molar-refractivity contribution >= 4 is 5.91 Å². The van der Waals surface area contributed by atoms with Crippen molar-refractivity contribution in [2.24, 2.45) is 5.73 Å². The molecule has 0 aliphatic carbocycles. The van der Waals surface area contributed by atoms with Crippen molar-refractivity contribution in [3.8, 4) is 0 Å². The maximum Gasteiger partial charge on any atom is 0.225 e. The Bertz CT molecular complexity index is 926. The van der Waals surface area contributed by atoms with E-state index < -0.39 is 5.91 Å². The number of hydrazine groups is 1. The largest absolute Gasteiger partial charge is 0.369 e. The molecular formula is C20H23N7O. The first-order valence-electron chi connectivity index (χ1n) is 9.37. The van der Waals surface area contributed by atoms with Crippen LogP contribution in [-0.4, -0.2) is 25.7 Å². The molecule has 1 aliphatic rings. The summed E-state index contributed by atoms with van der Waals surface area (Å²) in [7, 11) is 0. The fourth-order valence-electron chi connectivity index (χ4n) is 3.44. The van der Waals surface area contributed by atoms with Gasteiger partial charge in [-0.15, -0.1) is 0 Å². The van der Waals surface area contributed by atoms with Crippen LogP contribution in [0.4, 0.5) is 0 Å². The first-order chi connectivity index (χ1) is 13.7. The minimum Gasteiger partial charge on any atom is -0.369 e. The lowest BCUT2D eigenvalue weighted by atomic mass is 10.1. The SMILES string of the molecule is NC(=O)Cc1nc(C2CC(c3ccccn3)NN2)n(CCc2ccccc2)n1. The Hall–Kier alpha value is -3.10. The van der Waals surface area contributed by atoms with E-state index in [1.165, 1.54) is 5.56 Å². The van der Waals surface area contributed by atoms with E-state index in [9.17, 15) is 4.79 Å². The maximum absolute atomic E-state index is 11.3. The van der Waals surface area contributed by atoms with E-state index in [-0.39, 0.29) is 18.5 Å². The summed E-state index contributed by atoms with van der Waals surface area (Å²) in [5, 5.41) is 4.53. The van der Waals surface area contributed by atoms with Gasteiger partial charge in [-0.2, -0.15) is 5.10 Å². The number of aromatic nitrogens is 4. The summed E-state index contributed by atoms with van der Waals surface area (Å²) in [5.41, 5.74) is 14.1. The zero-order chi connectivity index (χ0) is 19.3. The van der Waals surface area contributed by atoms with Crippen LogP contribution >= 0.6 is 0 Å². The number of benzene rings is 1. The predicted octanol–water partition coefficient (Wildman–Crippen LogP) is 1.22. The number of hydrogen-bond acceptors (Lipinski definition) is 6. The Morgan fingerprint density at radius 3 is 2.64 bits per heavy atom. The molecule has 2 unspecified atom stereocenters. The third kappa shape index (κ3) is 4.24. The van der Waals surface area contributed by atoms with Gasteiger partial charge in [-0.1, -0.05) is 36.4 Å². The van der Waals surface area contributed by atoms with Gasteiger partial charge in [0.15, 0.2) is 5.82 Å². The molecule has 1 fully saturated rings. The Labute approximate surface area is 163 Å². The third-order valence-electron chi connectivity index (χ3n) is 4.79. The van der Waals surface area contributed by atoms with Crippen LogP contribution in [0.5, 0.6) is 0 Å². The molecule has 0 bridgehead atoms. The van der Waals surface area contributed by atoms with Crippen LogP contribution in [0.2, 0.25) is 0 Å². The van der Waals surface area contributed by atoms with Gasteiger partial charge in [-0.25, -0.2) is 20.5 Å². The third-order valence-corrected chi connectivity index (χ3v) is 4.79. The van der Waals surface area contributed by atoms with E-state index >= 15 is 0 Å². The Morgan fingerprint density at radius 1 is 1.11 bits per heavy atom. The normalized spacial score (nSPS) is 19.0. The molecule has 28 heavy (non-hydrogen) atoms. The summed E-state index contributed by atoms with van der Waals surface area (Å²) in [4.78, 5) is 20.3. The number of primary amides is 1. The van der Waals surface area contributed by atoms with Crippen LogP contribution in [0.1, 0.15) is 41.4 Å². The van der Waals surface area contributed by atoms with Crippen molar-refractivity contribution in [2.45, 2.75) is 37.9 Å². The molecule has 4 N–H and O–H groups in total. The summed E-state index contributed by atoms with van der Waals surface area (Å²) >= 11 is 0. The van der Waals surface area contributed by atoms with E-state index in [1.54, 1.807) is 6.20 Å². The highest BCUT2D eigenvalue weighted by Gasteiger charge is 2.31. The molecule has 8 heteroatoms. The van der Waals surface area contributed by atoms with Gasteiger partial charge in [0.2, 0.25) is 5.91 Å². The highest BCUT2D eigenvalue weighted by Crippen LogP contribution is 2.29. The minimum absolute atomic E-state index is 0.0306. The van der Waals surface area contributed by atoms with E-state index in [0.29, 0.717) is 12.4 Å². The molecule has 0 spiro atoms. The number of nitrogens with zero attached hydrogens (tertiary/aromatic N) is 4. The van der Waals surface area contributed by atoms with Crippen molar-refractivity contribution < 1.29 is 4.79 Å². The lowest BCUT2D eigenvalue weighted by Crippen LogP contribution is -2.28. The van der Waals surface area contributed by atoms with Gasteiger partial charge >= 0.3 is 0 Å². The van der Waals surface area contributed by atoms with Crippen molar-refractivity contribution in [3.63, 3.8) is 0 Å². The molecule has 1 aromatic carbocycles. The lowest BCUT2D eigenvalue weighted by Gasteiger charge is -2.11. The molecule has 1 aliphatic heterocycles. The zero-order valence-electron chi connectivity index (χ0n) is 15.5. The quantitative estimate of drug-likeness (QED) is 0.571. The second kappa shape index (κ2) is 8.28. The average Bonchev–Trinajstić information content (AvgIpc) is 3.34. The molecule has 4 rings (SSSR count). The summed E-state index contributed by atoms with van der Waals surface area (Å²) in [6, 6.07) is 16.2. The van der Waals surface area contributed by atoms with Gasteiger partial charge in [0.1, 0.15) is 5.82 Å². The van der Waals surface area contributed by atoms with Crippen LogP contribution in [0.25, 0.3) is 0 Å². The van der Waals surface area contributed by atoms with Gasteiger partial charge in [0, 0.05) is 12.7 Å². The molecule has 0 saturated carbocycles. The summed E-state index contributed by atoms with van der Waals surface area (Å²) < 4.78 is 1.88. The van der Waals surface area contributed by atoms with Gasteiger partial charge in [0.05, 0.1) is 24.2 Å². The molecule has 3 aromatic rings. The van der Waals surface area contributed by atoms with Crippen molar-refractivity contribution in [1.29, 1.82) is 0 Å². The average molecular weight is 377 g/mol. The number of pyridine rings is 1. The number of carbonyl (C=O) groups is 1. The predicted molar refractivity (Wildman–Crippen MR) is 104 cm³/mol. The second-order valence-electron chi connectivity index (χ2n) is 6.87. The molecule has 144 valence electrons. The fourth-order valence-corrected chi connectivity index (χ4v) is 3.44. The summed E-state index contributed by atoms with van der Waals surface area (Å²) in [5.74, 6) is 0.826. The van der Waals surface area contributed by atoms with E-state index in [4.69, 9.17) is 5.73 Å². The first-order valence-corrected chi connectivity index (χ1v) is 9.37. The molecule has 8 nitrogen and oxygen atoms in total. The molecular weight excluding hydrogens is 354 g/mol. The molecule has 0 radical (unpaired) electrons. The lowest BCUT2D eigenvalue weighted by molar-refractivity contribution is -0.117. The number of rotatable bonds is 7. The standard InChI is InChI=1S/C20H23N7O/c21-18(28)13-19-23-20(27(26-19)11-9-14-6-2-1-3-7-14)17-12-16(24-25-17)15-8-4-5-10-22-15/h1-8,10,16-17,24-25H,9,11-13H2,(H2,21,28). The number of amides is 1. The number of aryl methyl sites for hydroxylation is 2. The van der Waals surface area contributed by atoms with Gasteiger partial charge in [-0.05, 0) is 30.5 Å². The number of nitrogens with two attached hydrogens (primary N) is 1. The number of carbonyl (C=O) groups excluding carboxylic acids is 1. The van der Waals surface area contributed by atoms with Crippen molar-refractivity contribution in [1.82, 2.24) is 30.6 Å². The molecule has 1 amide bonds. The van der Waals surface area contributed by atoms with Crippen LogP contribution in [0.15, 0.2) is 54.7 Å². The van der Waals surface area contributed by atoms with Crippen LogP contribution < -0.4 is 16.6 Å². The first kappa shape index (κ1) is 18.3. The van der Waals surface area contributed by atoms with E-state index in [0.717, 1.165) is 24.4 Å². The highest BCUT2D eigenvalue weighted by atomic mass is 16.1. The van der Waals surface area contributed by atoms with Gasteiger partial charge in [0.25, 0.3) is 0 Å². The Kier molecular flexibility index (Phi) is 5.41. The van der Waals surface area contributed by atoms with Crippen molar-refractivity contribution in [2.75, 3.05) is 0 Å². The zero-order valence-corrected chi connectivity index (χ0v) is 15.5. The molecule has 2 aromatic heterocycles. The van der Waals surface area contributed by atoms with Crippen LogP contribution in [0, 0.1) is 0 Å². The smallest absolute Gasteiger partial charge is 0.225 e. The Morgan fingerprint density at radius 2 is 1.89 bits per heavy atom. The van der Waals surface area contributed by atoms with Gasteiger partial charge < -0.3 is 5.73 Å². The maximum atomic E-state index is 11.3. The van der Waals surface area contributed by atoms with E-state index in [2.05, 4.69) is 38.1 Å². The highest BCUT2D eigenvalue weighted by molar-refractivity contribution is 5.75. The van der Waals surface area contributed by atoms with Gasteiger partial charge in [-0.3, -0.25) is 9.78 Å². The Balaban J connectivity index is 1.53. The van der Waals surface area contributed by atoms with Crippen molar-refractivity contribution in [3.05, 3.63) is 77.6 Å². The molecule has 3 heterocycles. The molecule has 2 atom stereocenters. The summed E-state index contributed by atoms with van der Waals surface area (Å²) in [6.07, 6.45) is 3.45. The topological polar surface area (TPSA) is 111 Å². The van der Waals surface area contributed by atoms with Crippen LogP contribution in [-0.2, 0) is 24.2 Å². The van der Waals surface area contributed by atoms with Crippen LogP contribution in [0.3, 0.4) is 0 Å². The monoisotopic (exact) mass is 377 g/mol. The fraction of sp³-hybridized carbons (Fsp3) is 0.300. The van der Waals surface area contributed by atoms with E-state index in [1.807, 2.05) is 41.1 Å². The molecule has 1 saturated heterocycles. The number of nitrogens with one attached hydrogen (secondary N) is 2. The second-order valence-corrected chi connectivity index (χ2v) is 6.87.